The van der Waals surface area contributed by atoms with Crippen molar-refractivity contribution in [2.45, 2.75) is 12.8 Å². The number of carboxylic acids is 1. The predicted octanol–water partition coefficient (Wildman–Crippen LogP) is 2.92. The van der Waals surface area contributed by atoms with Crippen molar-refractivity contribution in [1.29, 1.82) is 0 Å². The van der Waals surface area contributed by atoms with Gasteiger partial charge in [-0.15, -0.1) is 11.3 Å². The summed E-state index contributed by atoms with van der Waals surface area (Å²) in [5.74, 6) is -0.0984. The van der Waals surface area contributed by atoms with E-state index in [1.165, 1.54) is 0 Å². The van der Waals surface area contributed by atoms with Crippen LogP contribution in [0, 0.1) is 0 Å². The fraction of sp³-hybridized carbons (Fsp3) is 0.200. The van der Waals surface area contributed by atoms with Gasteiger partial charge in [0.1, 0.15) is 5.82 Å². The van der Waals surface area contributed by atoms with Crippen molar-refractivity contribution in [3.8, 4) is 10.6 Å². The molecular weight excluding hydrogens is 292 g/mol. The maximum atomic E-state index is 10.4. The zero-order chi connectivity index (χ0) is 11.5. The van der Waals surface area contributed by atoms with E-state index >= 15 is 0 Å². The van der Waals surface area contributed by atoms with E-state index in [1.54, 1.807) is 17.5 Å². The minimum absolute atomic E-state index is 0.0983. The number of imidazole rings is 1. The van der Waals surface area contributed by atoms with Crippen LogP contribution in [0.3, 0.4) is 0 Å². The van der Waals surface area contributed by atoms with E-state index in [1.807, 2.05) is 12.1 Å². The van der Waals surface area contributed by atoms with Gasteiger partial charge in [0.2, 0.25) is 0 Å². The number of aliphatic carboxylic acids is 1. The maximum Gasteiger partial charge on any atom is 0.303 e. The van der Waals surface area contributed by atoms with E-state index in [4.69, 9.17) is 5.11 Å². The third-order valence-electron chi connectivity index (χ3n) is 2.04. The Balaban J connectivity index is 2.10. The average Bonchev–Trinajstić information content (AvgIpc) is 2.83. The number of nitrogens with zero attached hydrogens (tertiary/aromatic N) is 1. The first-order valence-corrected chi connectivity index (χ1v) is 6.27. The highest BCUT2D eigenvalue weighted by Gasteiger charge is 2.06. The van der Waals surface area contributed by atoms with Crippen molar-refractivity contribution < 1.29 is 9.90 Å². The SMILES string of the molecule is O=C(O)CCc1ncc(-c2ccc(Br)s2)[nH]1. The second-order valence-corrected chi connectivity index (χ2v) is 5.70. The number of aryl methyl sites for hydroxylation is 1. The first-order chi connectivity index (χ1) is 7.65. The van der Waals surface area contributed by atoms with Gasteiger partial charge < -0.3 is 10.1 Å². The van der Waals surface area contributed by atoms with Crippen LogP contribution in [0.2, 0.25) is 0 Å². The number of nitrogens with one attached hydrogen (secondary N) is 1. The van der Waals surface area contributed by atoms with Crippen LogP contribution in [0.25, 0.3) is 10.6 Å². The van der Waals surface area contributed by atoms with Crippen molar-refractivity contribution in [2.24, 2.45) is 0 Å². The maximum absolute atomic E-state index is 10.4. The fourth-order valence-corrected chi connectivity index (χ4v) is 2.65. The Bertz CT molecular complexity index is 506. The molecule has 0 saturated carbocycles. The van der Waals surface area contributed by atoms with Gasteiger partial charge in [0.25, 0.3) is 0 Å². The molecule has 0 aliphatic heterocycles. The molecule has 84 valence electrons. The lowest BCUT2D eigenvalue weighted by atomic mass is 10.3. The van der Waals surface area contributed by atoms with E-state index in [9.17, 15) is 4.79 Å². The van der Waals surface area contributed by atoms with Crippen LogP contribution in [0.1, 0.15) is 12.2 Å². The van der Waals surface area contributed by atoms with Gasteiger partial charge in [-0.1, -0.05) is 0 Å². The highest BCUT2D eigenvalue weighted by Crippen LogP contribution is 2.30. The number of aromatic nitrogens is 2. The summed E-state index contributed by atoms with van der Waals surface area (Å²) in [6.45, 7) is 0. The van der Waals surface area contributed by atoms with Gasteiger partial charge in [-0.2, -0.15) is 0 Å². The van der Waals surface area contributed by atoms with Gasteiger partial charge in [0.05, 0.1) is 27.0 Å². The minimum Gasteiger partial charge on any atom is -0.481 e. The Morgan fingerprint density at radius 3 is 3.00 bits per heavy atom. The van der Waals surface area contributed by atoms with E-state index < -0.39 is 5.97 Å². The molecule has 0 unspecified atom stereocenters. The molecule has 0 spiro atoms. The number of hydrogen-bond acceptors (Lipinski definition) is 3. The number of thiophene rings is 1. The van der Waals surface area contributed by atoms with Crippen LogP contribution in [-0.2, 0) is 11.2 Å². The van der Waals surface area contributed by atoms with Crippen LogP contribution in [0.4, 0.5) is 0 Å². The zero-order valence-electron chi connectivity index (χ0n) is 8.24. The molecular formula is C10H9BrN2O2S. The molecule has 0 bridgehead atoms. The summed E-state index contributed by atoms with van der Waals surface area (Å²) in [6.07, 6.45) is 2.26. The Morgan fingerprint density at radius 2 is 2.38 bits per heavy atom. The first-order valence-electron chi connectivity index (χ1n) is 4.66. The molecule has 0 aliphatic carbocycles. The Morgan fingerprint density at radius 1 is 1.56 bits per heavy atom. The first kappa shape index (κ1) is 11.3. The van der Waals surface area contributed by atoms with Gasteiger partial charge >= 0.3 is 5.97 Å². The molecule has 2 rings (SSSR count). The van der Waals surface area contributed by atoms with Gasteiger partial charge in [-0.05, 0) is 28.1 Å². The van der Waals surface area contributed by atoms with E-state index in [2.05, 4.69) is 25.9 Å². The number of hydrogen-bond donors (Lipinski definition) is 2. The lowest BCUT2D eigenvalue weighted by Gasteiger charge is -1.92. The van der Waals surface area contributed by atoms with Gasteiger partial charge in [0, 0.05) is 6.42 Å². The molecule has 4 nitrogen and oxygen atoms in total. The fourth-order valence-electron chi connectivity index (χ4n) is 1.30. The van der Waals surface area contributed by atoms with E-state index in [0.29, 0.717) is 12.2 Å². The lowest BCUT2D eigenvalue weighted by molar-refractivity contribution is -0.137. The van der Waals surface area contributed by atoms with Crippen LogP contribution >= 0.6 is 27.3 Å². The van der Waals surface area contributed by atoms with Gasteiger partial charge in [-0.25, -0.2) is 4.98 Å². The number of aromatic amines is 1. The summed E-state index contributed by atoms with van der Waals surface area (Å²) in [7, 11) is 0. The highest BCUT2D eigenvalue weighted by atomic mass is 79.9. The molecule has 2 aromatic heterocycles. The van der Waals surface area contributed by atoms with Crippen LogP contribution in [-0.4, -0.2) is 21.0 Å². The number of carbonyl (C=O) groups is 1. The van der Waals surface area contributed by atoms with Crippen LogP contribution < -0.4 is 0 Å². The minimum atomic E-state index is -0.809. The third kappa shape index (κ3) is 2.70. The van der Waals surface area contributed by atoms with E-state index in [-0.39, 0.29) is 6.42 Å². The van der Waals surface area contributed by atoms with Crippen LogP contribution in [0.5, 0.6) is 0 Å². The summed E-state index contributed by atoms with van der Waals surface area (Å²) < 4.78 is 1.06. The molecule has 0 amide bonds. The molecule has 0 aliphatic rings. The molecule has 6 heteroatoms. The van der Waals surface area contributed by atoms with E-state index in [0.717, 1.165) is 14.4 Å². The average molecular weight is 301 g/mol. The van der Waals surface area contributed by atoms with Crippen molar-refractivity contribution in [1.82, 2.24) is 9.97 Å². The van der Waals surface area contributed by atoms with Gasteiger partial charge in [-0.3, -0.25) is 4.79 Å². The Hall–Kier alpha value is -1.14. The molecule has 2 aromatic rings. The Labute approximate surface area is 104 Å². The summed E-state index contributed by atoms with van der Waals surface area (Å²) >= 11 is 5.00. The highest BCUT2D eigenvalue weighted by molar-refractivity contribution is 9.11. The summed E-state index contributed by atoms with van der Waals surface area (Å²) in [5.41, 5.74) is 0.927. The molecule has 0 aromatic carbocycles. The number of rotatable bonds is 4. The topological polar surface area (TPSA) is 66.0 Å². The molecule has 0 radical (unpaired) electrons. The Kier molecular flexibility index (Phi) is 3.40. The smallest absolute Gasteiger partial charge is 0.303 e. The summed E-state index contributed by atoms with van der Waals surface area (Å²) in [6, 6.07) is 3.96. The molecule has 16 heavy (non-hydrogen) atoms. The number of carboxylic acid groups (broad SMARTS) is 1. The van der Waals surface area contributed by atoms with Crippen LogP contribution in [0.15, 0.2) is 22.1 Å². The lowest BCUT2D eigenvalue weighted by Crippen LogP contribution is -1.98. The second-order valence-electron chi connectivity index (χ2n) is 3.24. The molecule has 0 saturated heterocycles. The predicted molar refractivity (Wildman–Crippen MR) is 65.6 cm³/mol. The van der Waals surface area contributed by atoms with Crippen molar-refractivity contribution in [2.75, 3.05) is 0 Å². The van der Waals surface area contributed by atoms with Crippen molar-refractivity contribution >= 4 is 33.2 Å². The third-order valence-corrected chi connectivity index (χ3v) is 3.70. The van der Waals surface area contributed by atoms with Crippen molar-refractivity contribution in [3.63, 3.8) is 0 Å². The second kappa shape index (κ2) is 4.80. The quantitative estimate of drug-likeness (QED) is 0.912. The summed E-state index contributed by atoms with van der Waals surface area (Å²) in [5, 5.41) is 8.56. The zero-order valence-corrected chi connectivity index (χ0v) is 10.6. The summed E-state index contributed by atoms with van der Waals surface area (Å²) in [4.78, 5) is 18.8. The largest absolute Gasteiger partial charge is 0.481 e. The standard InChI is InChI=1S/C10H9BrN2O2S/c11-8-2-1-7(16-8)6-5-12-9(13-6)3-4-10(14)15/h1-2,5H,3-4H2,(H,12,13)(H,14,15). The molecule has 0 atom stereocenters. The van der Waals surface area contributed by atoms with Crippen molar-refractivity contribution in [3.05, 3.63) is 27.9 Å². The molecule has 2 heterocycles. The normalized spacial score (nSPS) is 10.6. The number of H-pyrrole nitrogens is 1. The number of halogens is 1. The molecule has 0 fully saturated rings. The monoisotopic (exact) mass is 300 g/mol. The van der Waals surface area contributed by atoms with Gasteiger partial charge in [0.15, 0.2) is 0 Å². The molecule has 2 N–H and O–H groups in total.